The summed E-state index contributed by atoms with van der Waals surface area (Å²) in [7, 11) is 3.90. The Hall–Kier alpha value is -2.79. The Morgan fingerprint density at radius 3 is 2.52 bits per heavy atom. The largest absolute Gasteiger partial charge is 0.332 e. The van der Waals surface area contributed by atoms with Crippen molar-refractivity contribution in [3.63, 3.8) is 0 Å². The summed E-state index contributed by atoms with van der Waals surface area (Å²) in [5, 5.41) is 1.83. The van der Waals surface area contributed by atoms with E-state index in [0.29, 0.717) is 24.3 Å². The Balaban J connectivity index is 1.98. The third-order valence-corrected chi connectivity index (χ3v) is 4.65. The maximum atomic E-state index is 14.2. The number of likely N-dealkylation sites (N-methyl/N-ethyl adjacent to an activating group) is 1. The number of nitrogens with zero attached hydrogens (tertiary/aromatic N) is 3. The molecule has 0 saturated carbocycles. The number of fused-ring (bicyclic) bond motifs is 1. The molecule has 0 N–H and O–H groups in total. The van der Waals surface area contributed by atoms with Gasteiger partial charge in [0, 0.05) is 36.8 Å². The Bertz CT molecular complexity index is 955. The van der Waals surface area contributed by atoms with Crippen LogP contribution in [0.25, 0.3) is 10.8 Å². The maximum absolute atomic E-state index is 14.2. The van der Waals surface area contributed by atoms with Crippen LogP contribution in [0, 0.1) is 12.7 Å². The first-order valence-corrected chi connectivity index (χ1v) is 8.99. The Labute approximate surface area is 159 Å². The van der Waals surface area contributed by atoms with Crippen LogP contribution in [0.15, 0.2) is 54.7 Å². The number of halogens is 1. The van der Waals surface area contributed by atoms with Gasteiger partial charge in [0.15, 0.2) is 0 Å². The molecule has 0 aliphatic heterocycles. The first-order valence-electron chi connectivity index (χ1n) is 8.99. The summed E-state index contributed by atoms with van der Waals surface area (Å²) in [4.78, 5) is 21.4. The highest BCUT2D eigenvalue weighted by Gasteiger charge is 2.21. The zero-order valence-electron chi connectivity index (χ0n) is 15.9. The van der Waals surface area contributed by atoms with Gasteiger partial charge in [-0.05, 0) is 44.1 Å². The van der Waals surface area contributed by atoms with E-state index in [0.717, 1.165) is 16.3 Å². The molecular weight excluding hydrogens is 341 g/mol. The molecule has 0 atom stereocenters. The van der Waals surface area contributed by atoms with E-state index in [1.807, 2.05) is 50.2 Å². The van der Waals surface area contributed by atoms with Gasteiger partial charge in [-0.3, -0.25) is 9.78 Å². The number of pyridine rings is 1. The summed E-state index contributed by atoms with van der Waals surface area (Å²) in [6.07, 6.45) is 1.66. The molecule has 1 heterocycles. The molecule has 1 amide bonds. The van der Waals surface area contributed by atoms with E-state index in [1.54, 1.807) is 29.3 Å². The summed E-state index contributed by atoms with van der Waals surface area (Å²) < 4.78 is 14.2. The van der Waals surface area contributed by atoms with Crippen molar-refractivity contribution >= 4 is 16.7 Å². The molecule has 1 aromatic heterocycles. The molecule has 3 rings (SSSR count). The summed E-state index contributed by atoms with van der Waals surface area (Å²) in [5.74, 6) is -0.488. The number of hydrogen-bond acceptors (Lipinski definition) is 3. The van der Waals surface area contributed by atoms with E-state index in [1.165, 1.54) is 6.07 Å². The van der Waals surface area contributed by atoms with Gasteiger partial charge in [-0.1, -0.05) is 36.4 Å². The lowest BCUT2D eigenvalue weighted by molar-refractivity contribution is 0.0726. The number of benzene rings is 2. The van der Waals surface area contributed by atoms with Crippen LogP contribution >= 0.6 is 0 Å². The second-order valence-corrected chi connectivity index (χ2v) is 6.95. The number of carbonyl (C=O) groups is 1. The number of amides is 1. The zero-order valence-corrected chi connectivity index (χ0v) is 15.9. The fourth-order valence-corrected chi connectivity index (χ4v) is 3.09. The van der Waals surface area contributed by atoms with Crippen molar-refractivity contribution in [2.45, 2.75) is 13.5 Å². The molecule has 5 heteroatoms. The summed E-state index contributed by atoms with van der Waals surface area (Å²) >= 11 is 0. The second kappa shape index (κ2) is 8.27. The van der Waals surface area contributed by atoms with Gasteiger partial charge < -0.3 is 9.80 Å². The predicted octanol–water partition coefficient (Wildman–Crippen LogP) is 3.89. The Kier molecular flexibility index (Phi) is 5.81. The summed E-state index contributed by atoms with van der Waals surface area (Å²) in [5.41, 5.74) is 2.00. The lowest BCUT2D eigenvalue weighted by Gasteiger charge is -2.25. The van der Waals surface area contributed by atoms with Crippen molar-refractivity contribution in [3.05, 3.63) is 77.4 Å². The summed E-state index contributed by atoms with van der Waals surface area (Å²) in [6, 6.07) is 14.3. The zero-order chi connectivity index (χ0) is 19.4. The molecule has 0 aliphatic carbocycles. The minimum atomic E-state index is -0.304. The van der Waals surface area contributed by atoms with Gasteiger partial charge in [-0.2, -0.15) is 0 Å². The SMILES string of the molecule is Cc1cccc2c(C(=O)N(CCN(C)C)Cc3ccccc3F)nccc12. The fourth-order valence-electron chi connectivity index (χ4n) is 3.09. The summed E-state index contributed by atoms with van der Waals surface area (Å²) in [6.45, 7) is 3.40. The van der Waals surface area contributed by atoms with Crippen LogP contribution in [-0.2, 0) is 6.54 Å². The third kappa shape index (κ3) is 4.31. The molecule has 140 valence electrons. The van der Waals surface area contributed by atoms with Gasteiger partial charge in [-0.25, -0.2) is 4.39 Å². The lowest BCUT2D eigenvalue weighted by Crippen LogP contribution is -2.37. The van der Waals surface area contributed by atoms with Crippen molar-refractivity contribution in [2.75, 3.05) is 27.2 Å². The standard InChI is InChI=1S/C22H24FN3O/c1-16-7-6-9-19-18(16)11-12-24-21(19)22(27)26(14-13-25(2)3)15-17-8-4-5-10-20(17)23/h4-12H,13-15H2,1-3H3. The average Bonchev–Trinajstić information content (AvgIpc) is 2.66. The maximum Gasteiger partial charge on any atom is 0.273 e. The van der Waals surface area contributed by atoms with E-state index < -0.39 is 0 Å². The molecule has 3 aromatic rings. The van der Waals surface area contributed by atoms with Gasteiger partial charge in [0.25, 0.3) is 5.91 Å². The highest BCUT2D eigenvalue weighted by atomic mass is 19.1. The van der Waals surface area contributed by atoms with Crippen molar-refractivity contribution < 1.29 is 9.18 Å². The van der Waals surface area contributed by atoms with Crippen molar-refractivity contribution in [1.82, 2.24) is 14.8 Å². The van der Waals surface area contributed by atoms with Gasteiger partial charge in [-0.15, -0.1) is 0 Å². The average molecular weight is 365 g/mol. The predicted molar refractivity (Wildman–Crippen MR) is 106 cm³/mol. The van der Waals surface area contributed by atoms with Gasteiger partial charge in [0.1, 0.15) is 11.5 Å². The molecule has 0 aliphatic rings. The van der Waals surface area contributed by atoms with Crippen molar-refractivity contribution in [3.8, 4) is 0 Å². The smallest absolute Gasteiger partial charge is 0.273 e. The van der Waals surface area contributed by atoms with Gasteiger partial charge >= 0.3 is 0 Å². The van der Waals surface area contributed by atoms with Crippen LogP contribution in [0.5, 0.6) is 0 Å². The molecule has 0 bridgehead atoms. The number of rotatable bonds is 6. The molecular formula is C22H24FN3O. The Morgan fingerprint density at radius 2 is 1.78 bits per heavy atom. The molecule has 0 radical (unpaired) electrons. The topological polar surface area (TPSA) is 36.4 Å². The van der Waals surface area contributed by atoms with Crippen molar-refractivity contribution in [1.29, 1.82) is 0 Å². The van der Waals surface area contributed by atoms with Crippen LogP contribution < -0.4 is 0 Å². The molecule has 0 unspecified atom stereocenters. The first-order chi connectivity index (χ1) is 13.0. The van der Waals surface area contributed by atoms with E-state index in [2.05, 4.69) is 4.98 Å². The quantitative estimate of drug-likeness (QED) is 0.665. The molecule has 0 saturated heterocycles. The molecule has 2 aromatic carbocycles. The molecule has 0 fully saturated rings. The third-order valence-electron chi connectivity index (χ3n) is 4.65. The fraction of sp³-hybridized carbons (Fsp3) is 0.273. The molecule has 27 heavy (non-hydrogen) atoms. The van der Waals surface area contributed by atoms with Gasteiger partial charge in [0.2, 0.25) is 0 Å². The van der Waals surface area contributed by atoms with Gasteiger partial charge in [0.05, 0.1) is 0 Å². The molecule has 4 nitrogen and oxygen atoms in total. The Morgan fingerprint density at radius 1 is 1.00 bits per heavy atom. The van der Waals surface area contributed by atoms with E-state index in [4.69, 9.17) is 0 Å². The van der Waals surface area contributed by atoms with Crippen LogP contribution in [0.2, 0.25) is 0 Å². The van der Waals surface area contributed by atoms with Crippen LogP contribution in [0.4, 0.5) is 4.39 Å². The van der Waals surface area contributed by atoms with E-state index in [9.17, 15) is 9.18 Å². The highest BCUT2D eigenvalue weighted by Crippen LogP contribution is 2.22. The monoisotopic (exact) mass is 365 g/mol. The number of aryl methyl sites for hydroxylation is 1. The number of hydrogen-bond donors (Lipinski definition) is 0. The normalized spacial score (nSPS) is 11.1. The number of carbonyl (C=O) groups excluding carboxylic acids is 1. The number of aromatic nitrogens is 1. The van der Waals surface area contributed by atoms with Crippen LogP contribution in [0.3, 0.4) is 0 Å². The minimum Gasteiger partial charge on any atom is -0.332 e. The van der Waals surface area contributed by atoms with Crippen LogP contribution in [-0.4, -0.2) is 47.9 Å². The lowest BCUT2D eigenvalue weighted by atomic mass is 10.0. The van der Waals surface area contributed by atoms with E-state index in [-0.39, 0.29) is 18.3 Å². The first kappa shape index (κ1) is 19.0. The minimum absolute atomic E-state index is 0.184. The highest BCUT2D eigenvalue weighted by molar-refractivity contribution is 6.05. The van der Waals surface area contributed by atoms with Crippen molar-refractivity contribution in [2.24, 2.45) is 0 Å². The van der Waals surface area contributed by atoms with Crippen LogP contribution in [0.1, 0.15) is 21.6 Å². The second-order valence-electron chi connectivity index (χ2n) is 6.95. The van der Waals surface area contributed by atoms with E-state index >= 15 is 0 Å². The molecule has 0 spiro atoms.